The van der Waals surface area contributed by atoms with E-state index < -0.39 is 5.54 Å². The van der Waals surface area contributed by atoms with Gasteiger partial charge in [-0.1, -0.05) is 6.42 Å². The Morgan fingerprint density at radius 1 is 1.29 bits per heavy atom. The lowest BCUT2D eigenvalue weighted by Crippen LogP contribution is -2.46. The van der Waals surface area contributed by atoms with E-state index in [9.17, 15) is 9.59 Å². The Labute approximate surface area is 127 Å². The van der Waals surface area contributed by atoms with Gasteiger partial charge in [0.1, 0.15) is 5.54 Å². The second-order valence-corrected chi connectivity index (χ2v) is 6.59. The van der Waals surface area contributed by atoms with Gasteiger partial charge in [0.15, 0.2) is 0 Å². The Bertz CT molecular complexity index is 397. The molecule has 1 unspecified atom stereocenters. The van der Waals surface area contributed by atoms with Crippen molar-refractivity contribution >= 4 is 11.9 Å². The third kappa shape index (κ3) is 3.74. The van der Waals surface area contributed by atoms with Gasteiger partial charge in [0.05, 0.1) is 0 Å². The number of carbonyl (C=O) groups excluding carboxylic acids is 2. The quantitative estimate of drug-likeness (QED) is 0.711. The van der Waals surface area contributed by atoms with E-state index in [4.69, 9.17) is 0 Å². The van der Waals surface area contributed by atoms with Crippen LogP contribution in [0.1, 0.15) is 39.5 Å². The maximum atomic E-state index is 12.2. The topological polar surface area (TPSA) is 64.7 Å². The van der Waals surface area contributed by atoms with Gasteiger partial charge in [-0.2, -0.15) is 0 Å². The van der Waals surface area contributed by atoms with Gasteiger partial charge in [-0.05, 0) is 53.2 Å². The Balaban J connectivity index is 1.89. The first-order chi connectivity index (χ1) is 9.95. The first kappa shape index (κ1) is 16.2. The molecule has 21 heavy (non-hydrogen) atoms. The molecule has 0 aromatic heterocycles. The molecule has 2 aliphatic rings. The molecule has 0 aromatic rings. The first-order valence-electron chi connectivity index (χ1n) is 7.98. The van der Waals surface area contributed by atoms with E-state index in [0.717, 1.165) is 26.1 Å². The number of piperidine rings is 1. The molecule has 0 spiro atoms. The summed E-state index contributed by atoms with van der Waals surface area (Å²) in [5.74, 6) is -0.115. The summed E-state index contributed by atoms with van der Waals surface area (Å²) in [5.41, 5.74) is -0.759. The Hall–Kier alpha value is -1.14. The van der Waals surface area contributed by atoms with Gasteiger partial charge in [0.2, 0.25) is 0 Å². The fourth-order valence-electron chi connectivity index (χ4n) is 3.24. The molecule has 6 heteroatoms. The summed E-state index contributed by atoms with van der Waals surface area (Å²) in [6.45, 7) is 6.86. The van der Waals surface area contributed by atoms with Crippen LogP contribution in [0, 0.1) is 0 Å². The van der Waals surface area contributed by atoms with Crippen molar-refractivity contribution in [2.75, 3.05) is 33.2 Å². The number of urea groups is 1. The molecule has 0 aliphatic carbocycles. The highest BCUT2D eigenvalue weighted by molar-refractivity contribution is 6.06. The molecule has 2 N–H and O–H groups in total. The van der Waals surface area contributed by atoms with Crippen molar-refractivity contribution in [1.82, 2.24) is 20.4 Å². The van der Waals surface area contributed by atoms with Crippen LogP contribution in [0.2, 0.25) is 0 Å². The van der Waals surface area contributed by atoms with E-state index in [0.29, 0.717) is 12.6 Å². The highest BCUT2D eigenvalue weighted by Crippen LogP contribution is 2.21. The van der Waals surface area contributed by atoms with Crippen molar-refractivity contribution in [2.24, 2.45) is 0 Å². The number of likely N-dealkylation sites (tertiary alicyclic amines) is 1. The van der Waals surface area contributed by atoms with Crippen LogP contribution in [0.3, 0.4) is 0 Å². The largest absolute Gasteiger partial charge is 0.325 e. The van der Waals surface area contributed by atoms with E-state index in [1.165, 1.54) is 24.2 Å². The number of nitrogens with one attached hydrogen (secondary N) is 2. The summed E-state index contributed by atoms with van der Waals surface area (Å²) in [7, 11) is 1.97. The zero-order valence-electron chi connectivity index (χ0n) is 13.4. The maximum Gasteiger partial charge on any atom is 0.325 e. The highest BCUT2D eigenvalue weighted by Gasteiger charge is 2.44. The molecule has 2 rings (SSSR count). The molecule has 0 bridgehead atoms. The maximum absolute atomic E-state index is 12.2. The molecule has 0 saturated carbocycles. The number of amides is 3. The number of hydrogen-bond donors (Lipinski definition) is 2. The molecule has 0 aromatic carbocycles. The lowest BCUT2D eigenvalue weighted by atomic mass is 9.99. The van der Waals surface area contributed by atoms with Crippen molar-refractivity contribution in [3.8, 4) is 0 Å². The van der Waals surface area contributed by atoms with Gasteiger partial charge in [-0.3, -0.25) is 14.6 Å². The van der Waals surface area contributed by atoms with Gasteiger partial charge in [0.25, 0.3) is 5.91 Å². The van der Waals surface area contributed by atoms with Crippen molar-refractivity contribution < 1.29 is 9.59 Å². The lowest BCUT2D eigenvalue weighted by Gasteiger charge is -2.36. The van der Waals surface area contributed by atoms with Gasteiger partial charge >= 0.3 is 6.03 Å². The standard InChI is InChI=1S/C15H28N4O2/c1-15(2)13(20)19(14(21)17-15)11-10-18-9-5-4-6-12(18)7-8-16-3/h12,16H,4-11H2,1-3H3,(H,17,21). The molecule has 120 valence electrons. The van der Waals surface area contributed by atoms with Gasteiger partial charge < -0.3 is 10.6 Å². The molecular weight excluding hydrogens is 268 g/mol. The molecule has 0 radical (unpaired) electrons. The van der Waals surface area contributed by atoms with Crippen LogP contribution in [-0.4, -0.2) is 66.5 Å². The van der Waals surface area contributed by atoms with E-state index in [1.807, 2.05) is 7.05 Å². The van der Waals surface area contributed by atoms with E-state index in [2.05, 4.69) is 15.5 Å². The van der Waals surface area contributed by atoms with Crippen LogP contribution < -0.4 is 10.6 Å². The predicted octanol–water partition coefficient (Wildman–Crippen LogP) is 0.781. The zero-order valence-corrected chi connectivity index (χ0v) is 13.4. The Kier molecular flexibility index (Phi) is 5.22. The number of rotatable bonds is 6. The minimum Gasteiger partial charge on any atom is -0.324 e. The van der Waals surface area contributed by atoms with Crippen LogP contribution in [0.4, 0.5) is 4.79 Å². The van der Waals surface area contributed by atoms with Crippen molar-refractivity contribution in [3.63, 3.8) is 0 Å². The van der Waals surface area contributed by atoms with E-state index in [-0.39, 0.29) is 11.9 Å². The molecular formula is C15H28N4O2. The Morgan fingerprint density at radius 3 is 2.67 bits per heavy atom. The van der Waals surface area contributed by atoms with Gasteiger partial charge in [0, 0.05) is 19.1 Å². The molecule has 1 atom stereocenters. The predicted molar refractivity (Wildman–Crippen MR) is 82.1 cm³/mol. The fraction of sp³-hybridized carbons (Fsp3) is 0.867. The molecule has 6 nitrogen and oxygen atoms in total. The average molecular weight is 296 g/mol. The Morgan fingerprint density at radius 2 is 2.05 bits per heavy atom. The second kappa shape index (κ2) is 6.75. The van der Waals surface area contributed by atoms with Crippen LogP contribution in [0.15, 0.2) is 0 Å². The third-order valence-corrected chi connectivity index (χ3v) is 4.53. The normalized spacial score (nSPS) is 26.2. The monoisotopic (exact) mass is 296 g/mol. The first-order valence-corrected chi connectivity index (χ1v) is 7.98. The molecule has 2 fully saturated rings. The summed E-state index contributed by atoms with van der Waals surface area (Å²) < 4.78 is 0. The summed E-state index contributed by atoms with van der Waals surface area (Å²) in [6.07, 6.45) is 4.83. The number of carbonyl (C=O) groups is 2. The van der Waals surface area contributed by atoms with E-state index >= 15 is 0 Å². The fourth-order valence-corrected chi connectivity index (χ4v) is 3.24. The van der Waals surface area contributed by atoms with Crippen LogP contribution in [-0.2, 0) is 4.79 Å². The van der Waals surface area contributed by atoms with Crippen LogP contribution >= 0.6 is 0 Å². The van der Waals surface area contributed by atoms with Gasteiger partial charge in [-0.15, -0.1) is 0 Å². The summed E-state index contributed by atoms with van der Waals surface area (Å²) in [4.78, 5) is 27.9. The summed E-state index contributed by atoms with van der Waals surface area (Å²) >= 11 is 0. The van der Waals surface area contributed by atoms with Gasteiger partial charge in [-0.25, -0.2) is 4.79 Å². The average Bonchev–Trinajstić information content (AvgIpc) is 2.64. The number of nitrogens with zero attached hydrogens (tertiary/aromatic N) is 2. The zero-order chi connectivity index (χ0) is 15.5. The second-order valence-electron chi connectivity index (χ2n) is 6.59. The van der Waals surface area contributed by atoms with Crippen LogP contribution in [0.5, 0.6) is 0 Å². The van der Waals surface area contributed by atoms with Crippen molar-refractivity contribution in [1.29, 1.82) is 0 Å². The van der Waals surface area contributed by atoms with E-state index in [1.54, 1.807) is 13.8 Å². The molecule has 3 amide bonds. The highest BCUT2D eigenvalue weighted by atomic mass is 16.2. The summed E-state index contributed by atoms with van der Waals surface area (Å²) in [6, 6.07) is 0.314. The minimum atomic E-state index is -0.759. The minimum absolute atomic E-state index is 0.115. The smallest absolute Gasteiger partial charge is 0.324 e. The van der Waals surface area contributed by atoms with Crippen molar-refractivity contribution in [3.05, 3.63) is 0 Å². The summed E-state index contributed by atoms with van der Waals surface area (Å²) in [5, 5.41) is 5.94. The third-order valence-electron chi connectivity index (χ3n) is 4.53. The SMILES string of the molecule is CNCCC1CCCCN1CCN1C(=O)NC(C)(C)C1=O. The lowest BCUT2D eigenvalue weighted by molar-refractivity contribution is -0.130. The number of imide groups is 1. The molecule has 2 heterocycles. The van der Waals surface area contributed by atoms with Crippen molar-refractivity contribution in [2.45, 2.75) is 51.1 Å². The number of hydrogen-bond acceptors (Lipinski definition) is 4. The molecule has 2 saturated heterocycles. The van der Waals surface area contributed by atoms with Crippen LogP contribution in [0.25, 0.3) is 0 Å². The molecule has 2 aliphatic heterocycles.